The summed E-state index contributed by atoms with van der Waals surface area (Å²) in [5, 5.41) is 2.96. The van der Waals surface area contributed by atoms with Gasteiger partial charge in [0.05, 0.1) is 12.1 Å². The molecule has 7 heteroatoms. The summed E-state index contributed by atoms with van der Waals surface area (Å²) in [5.41, 5.74) is 3.48. The Balaban J connectivity index is 1.81. The van der Waals surface area contributed by atoms with Gasteiger partial charge in [0.2, 0.25) is 0 Å². The fourth-order valence-electron chi connectivity index (χ4n) is 2.65. The van der Waals surface area contributed by atoms with Gasteiger partial charge in [0.25, 0.3) is 5.91 Å². The van der Waals surface area contributed by atoms with Gasteiger partial charge in [-0.05, 0) is 50.1 Å². The summed E-state index contributed by atoms with van der Waals surface area (Å²) in [6, 6.07) is 8.76. The average molecular weight is 392 g/mol. The minimum atomic E-state index is -0.628. The zero-order valence-corrected chi connectivity index (χ0v) is 16.5. The molecule has 0 spiro atoms. The van der Waals surface area contributed by atoms with Gasteiger partial charge in [0, 0.05) is 5.69 Å². The largest absolute Gasteiger partial charge is 0.495 e. The van der Waals surface area contributed by atoms with E-state index in [0.29, 0.717) is 22.2 Å². The average Bonchev–Trinajstić information content (AvgIpc) is 2.59. The summed E-state index contributed by atoms with van der Waals surface area (Å²) in [7, 11) is 1.50. The summed E-state index contributed by atoms with van der Waals surface area (Å²) in [6.45, 7) is 5.12. The first-order valence-corrected chi connectivity index (χ1v) is 8.67. The quantitative estimate of drug-likeness (QED) is 0.726. The van der Waals surface area contributed by atoms with E-state index in [0.717, 1.165) is 16.7 Å². The number of hydrogen-bond donors (Lipinski definition) is 1. The minimum Gasteiger partial charge on any atom is -0.495 e. The number of nitrogens with one attached hydrogen (secondary N) is 1. The Hall–Kier alpha value is -2.73. The van der Waals surface area contributed by atoms with E-state index < -0.39 is 18.5 Å². The molecule has 0 heterocycles. The Labute approximate surface area is 163 Å². The molecule has 0 fully saturated rings. The van der Waals surface area contributed by atoms with Gasteiger partial charge in [-0.3, -0.25) is 4.79 Å². The number of aryl methyl sites for hydroxylation is 3. The van der Waals surface area contributed by atoms with Crippen LogP contribution in [0.2, 0.25) is 5.02 Å². The zero-order valence-electron chi connectivity index (χ0n) is 15.7. The third-order valence-electron chi connectivity index (χ3n) is 3.74. The van der Waals surface area contributed by atoms with Crippen LogP contribution in [0.5, 0.6) is 11.5 Å². The Kier molecular flexibility index (Phi) is 7.07. The molecule has 0 radical (unpaired) electrons. The molecule has 1 amide bonds. The number of carbonyl (C=O) groups is 2. The third kappa shape index (κ3) is 5.89. The van der Waals surface area contributed by atoms with Gasteiger partial charge in [-0.15, -0.1) is 0 Å². The number of benzene rings is 2. The summed E-state index contributed by atoms with van der Waals surface area (Å²) in [6.07, 6.45) is 0. The molecule has 0 saturated carbocycles. The number of rotatable bonds is 7. The fourth-order valence-corrected chi connectivity index (χ4v) is 2.91. The summed E-state index contributed by atoms with van der Waals surface area (Å²) >= 11 is 6.00. The Bertz CT molecular complexity index is 827. The molecule has 2 aromatic rings. The smallest absolute Gasteiger partial charge is 0.344 e. The van der Waals surface area contributed by atoms with Crippen LogP contribution < -0.4 is 14.8 Å². The lowest BCUT2D eigenvalue weighted by molar-refractivity contribution is -0.149. The van der Waals surface area contributed by atoms with Gasteiger partial charge in [-0.25, -0.2) is 4.79 Å². The molecule has 0 aliphatic heterocycles. The van der Waals surface area contributed by atoms with Crippen LogP contribution in [0.25, 0.3) is 0 Å². The summed E-state index contributed by atoms with van der Waals surface area (Å²) in [5.74, 6) is 0.0411. The SMILES string of the molecule is COc1ccc(NC(=O)COC(=O)COc2c(C)cc(C)cc2C)cc1Cl. The van der Waals surface area contributed by atoms with Crippen molar-refractivity contribution in [2.45, 2.75) is 20.8 Å². The molecule has 27 heavy (non-hydrogen) atoms. The van der Waals surface area contributed by atoms with Gasteiger partial charge in [-0.1, -0.05) is 29.3 Å². The second-order valence-corrected chi connectivity index (χ2v) is 6.48. The Morgan fingerprint density at radius 3 is 2.30 bits per heavy atom. The van der Waals surface area contributed by atoms with Crippen molar-refractivity contribution in [2.24, 2.45) is 0 Å². The van der Waals surface area contributed by atoms with E-state index in [1.165, 1.54) is 7.11 Å². The molecule has 0 saturated heterocycles. The molecule has 0 unspecified atom stereocenters. The van der Waals surface area contributed by atoms with E-state index in [-0.39, 0.29) is 6.61 Å². The normalized spacial score (nSPS) is 10.3. The molecule has 2 rings (SSSR count). The van der Waals surface area contributed by atoms with Gasteiger partial charge >= 0.3 is 5.97 Å². The van der Waals surface area contributed by atoms with Crippen molar-refractivity contribution in [3.8, 4) is 11.5 Å². The van der Waals surface area contributed by atoms with Crippen molar-refractivity contribution in [2.75, 3.05) is 25.6 Å². The van der Waals surface area contributed by atoms with E-state index >= 15 is 0 Å². The van der Waals surface area contributed by atoms with Crippen LogP contribution in [0.4, 0.5) is 5.69 Å². The number of carbonyl (C=O) groups excluding carboxylic acids is 2. The van der Waals surface area contributed by atoms with Crippen molar-refractivity contribution in [1.82, 2.24) is 0 Å². The molecule has 0 atom stereocenters. The highest BCUT2D eigenvalue weighted by atomic mass is 35.5. The number of amides is 1. The van der Waals surface area contributed by atoms with Crippen molar-refractivity contribution in [1.29, 1.82) is 0 Å². The van der Waals surface area contributed by atoms with E-state index in [2.05, 4.69) is 5.32 Å². The second-order valence-electron chi connectivity index (χ2n) is 6.07. The van der Waals surface area contributed by atoms with Crippen LogP contribution in [0.1, 0.15) is 16.7 Å². The van der Waals surface area contributed by atoms with Gasteiger partial charge in [0.1, 0.15) is 11.5 Å². The first-order chi connectivity index (χ1) is 12.8. The van der Waals surface area contributed by atoms with Crippen LogP contribution >= 0.6 is 11.6 Å². The maximum absolute atomic E-state index is 11.9. The molecule has 1 N–H and O–H groups in total. The molecular formula is C20H22ClNO5. The van der Waals surface area contributed by atoms with Gasteiger partial charge in [-0.2, -0.15) is 0 Å². The predicted molar refractivity (Wildman–Crippen MR) is 104 cm³/mol. The zero-order chi connectivity index (χ0) is 20.0. The lowest BCUT2D eigenvalue weighted by Gasteiger charge is -2.13. The van der Waals surface area contributed by atoms with Crippen molar-refractivity contribution in [3.05, 3.63) is 52.0 Å². The topological polar surface area (TPSA) is 73.9 Å². The number of halogens is 1. The highest BCUT2D eigenvalue weighted by Gasteiger charge is 2.12. The molecule has 2 aromatic carbocycles. The lowest BCUT2D eigenvalue weighted by Crippen LogP contribution is -2.23. The number of hydrogen-bond acceptors (Lipinski definition) is 5. The molecular weight excluding hydrogens is 370 g/mol. The fraction of sp³-hybridized carbons (Fsp3) is 0.300. The molecule has 0 bridgehead atoms. The van der Waals surface area contributed by atoms with Crippen LogP contribution in [0.3, 0.4) is 0 Å². The summed E-state index contributed by atoms with van der Waals surface area (Å²) < 4.78 is 15.5. The maximum Gasteiger partial charge on any atom is 0.344 e. The molecule has 144 valence electrons. The van der Waals surface area contributed by atoms with E-state index in [1.54, 1.807) is 18.2 Å². The monoisotopic (exact) mass is 391 g/mol. The standard InChI is InChI=1S/C20H22ClNO5/c1-12-7-13(2)20(14(3)8-12)27-11-19(24)26-10-18(23)22-15-5-6-17(25-4)16(21)9-15/h5-9H,10-11H2,1-4H3,(H,22,23). The summed E-state index contributed by atoms with van der Waals surface area (Å²) in [4.78, 5) is 23.7. The van der Waals surface area contributed by atoms with Crippen molar-refractivity contribution in [3.63, 3.8) is 0 Å². The van der Waals surface area contributed by atoms with Crippen molar-refractivity contribution < 1.29 is 23.8 Å². The second kappa shape index (κ2) is 9.28. The van der Waals surface area contributed by atoms with Crippen molar-refractivity contribution >= 4 is 29.2 Å². The highest BCUT2D eigenvalue weighted by Crippen LogP contribution is 2.27. The van der Waals surface area contributed by atoms with Crippen LogP contribution in [-0.4, -0.2) is 32.2 Å². The number of ether oxygens (including phenoxy) is 3. The highest BCUT2D eigenvalue weighted by molar-refractivity contribution is 6.32. The van der Waals surface area contributed by atoms with Gasteiger partial charge in [0.15, 0.2) is 13.2 Å². The van der Waals surface area contributed by atoms with Crippen LogP contribution in [-0.2, 0) is 14.3 Å². The lowest BCUT2D eigenvalue weighted by atomic mass is 10.1. The molecule has 0 aliphatic rings. The minimum absolute atomic E-state index is 0.271. The number of esters is 1. The van der Waals surface area contributed by atoms with Gasteiger partial charge < -0.3 is 19.5 Å². The van der Waals surface area contributed by atoms with E-state index in [4.69, 9.17) is 25.8 Å². The van der Waals surface area contributed by atoms with Crippen LogP contribution in [0, 0.1) is 20.8 Å². The van der Waals surface area contributed by atoms with E-state index in [1.807, 2.05) is 32.9 Å². The van der Waals surface area contributed by atoms with E-state index in [9.17, 15) is 9.59 Å². The molecule has 0 aliphatic carbocycles. The number of anilines is 1. The Morgan fingerprint density at radius 2 is 1.70 bits per heavy atom. The first-order valence-electron chi connectivity index (χ1n) is 8.30. The van der Waals surface area contributed by atoms with Crippen LogP contribution in [0.15, 0.2) is 30.3 Å². The first kappa shape index (κ1) is 20.6. The predicted octanol–water partition coefficient (Wildman–Crippen LogP) is 3.83. The Morgan fingerprint density at radius 1 is 1.04 bits per heavy atom. The molecule has 0 aromatic heterocycles. The molecule has 6 nitrogen and oxygen atoms in total. The maximum atomic E-state index is 11.9. The third-order valence-corrected chi connectivity index (χ3v) is 4.03. The number of methoxy groups -OCH3 is 1.